The van der Waals surface area contributed by atoms with Crippen LogP contribution in [0.3, 0.4) is 0 Å². The lowest BCUT2D eigenvalue weighted by molar-refractivity contribution is -0.137. The molecule has 0 spiro atoms. The Bertz CT molecular complexity index is 694. The van der Waals surface area contributed by atoms with Crippen molar-refractivity contribution in [2.45, 2.75) is 30.8 Å². The van der Waals surface area contributed by atoms with E-state index in [4.69, 9.17) is 4.74 Å². The predicted octanol–water partition coefficient (Wildman–Crippen LogP) is 2.31. The van der Waals surface area contributed by atoms with Gasteiger partial charge in [-0.3, -0.25) is 0 Å². The van der Waals surface area contributed by atoms with Gasteiger partial charge in [-0.15, -0.1) is 0 Å². The molecule has 142 valence electrons. The Hall–Kier alpha value is -1.16. The van der Waals surface area contributed by atoms with Gasteiger partial charge in [0.15, 0.2) is 0 Å². The smallest absolute Gasteiger partial charge is 0.384 e. The van der Waals surface area contributed by atoms with E-state index in [9.17, 15) is 21.6 Å². The van der Waals surface area contributed by atoms with Crippen molar-refractivity contribution in [3.63, 3.8) is 0 Å². The molecule has 0 bridgehead atoms. The normalized spacial score (nSPS) is 18.3. The van der Waals surface area contributed by atoms with Crippen LogP contribution in [0.15, 0.2) is 23.1 Å². The lowest BCUT2D eigenvalue weighted by Crippen LogP contribution is -2.47. The van der Waals surface area contributed by atoms with E-state index in [2.05, 4.69) is 10.0 Å². The molecule has 0 radical (unpaired) electrons. The van der Waals surface area contributed by atoms with Gasteiger partial charge in [0.05, 0.1) is 17.1 Å². The number of hydrogen-bond acceptors (Lipinski definition) is 4. The second-order valence-corrected chi connectivity index (χ2v) is 8.22. The molecule has 1 fully saturated rings. The van der Waals surface area contributed by atoms with Gasteiger partial charge in [-0.2, -0.15) is 13.2 Å². The van der Waals surface area contributed by atoms with Crippen LogP contribution in [0.4, 0.5) is 13.2 Å². The minimum Gasteiger partial charge on any atom is -0.384 e. The summed E-state index contributed by atoms with van der Waals surface area (Å²) in [6, 6.07) is 2.65. The Morgan fingerprint density at radius 3 is 2.44 bits per heavy atom. The number of nitrogens with one attached hydrogen (secondary N) is 2. The highest BCUT2D eigenvalue weighted by Gasteiger charge is 2.35. The number of methoxy groups -OCH3 is 1. The number of hydrogen-bond donors (Lipinski definition) is 2. The van der Waals surface area contributed by atoms with Gasteiger partial charge in [-0.1, -0.05) is 0 Å². The molecule has 0 unspecified atom stereocenters. The number of rotatable bonds is 6. The molecule has 0 aromatic heterocycles. The second-order valence-electron chi connectivity index (χ2n) is 6.49. The summed E-state index contributed by atoms with van der Waals surface area (Å²) in [5.74, 6) is 0. The van der Waals surface area contributed by atoms with Gasteiger partial charge >= 0.3 is 6.18 Å². The van der Waals surface area contributed by atoms with Gasteiger partial charge in [0, 0.05) is 19.1 Å². The summed E-state index contributed by atoms with van der Waals surface area (Å²) in [6.07, 6.45) is -2.98. The summed E-state index contributed by atoms with van der Waals surface area (Å²) < 4.78 is 71.1. The van der Waals surface area contributed by atoms with E-state index < -0.39 is 21.8 Å². The van der Waals surface area contributed by atoms with Crippen molar-refractivity contribution < 1.29 is 26.3 Å². The first kappa shape index (κ1) is 20.2. The van der Waals surface area contributed by atoms with Gasteiger partial charge in [-0.05, 0) is 56.6 Å². The Morgan fingerprint density at radius 1 is 1.28 bits per heavy atom. The van der Waals surface area contributed by atoms with Crippen LogP contribution in [0.5, 0.6) is 0 Å². The summed E-state index contributed by atoms with van der Waals surface area (Å²) in [5, 5.41) is 3.22. The minimum atomic E-state index is -4.50. The van der Waals surface area contributed by atoms with Crippen LogP contribution in [0, 0.1) is 12.3 Å². The number of aryl methyl sites for hydroxylation is 1. The van der Waals surface area contributed by atoms with Crippen LogP contribution in [-0.2, 0) is 20.9 Å². The summed E-state index contributed by atoms with van der Waals surface area (Å²) in [6.45, 7) is 3.50. The first-order valence-electron chi connectivity index (χ1n) is 7.97. The zero-order valence-electron chi connectivity index (χ0n) is 14.2. The van der Waals surface area contributed by atoms with Crippen LogP contribution in [0.2, 0.25) is 0 Å². The van der Waals surface area contributed by atoms with E-state index in [0.717, 1.165) is 44.1 Å². The molecule has 0 atom stereocenters. The van der Waals surface area contributed by atoms with Crippen molar-refractivity contribution in [2.75, 3.05) is 33.4 Å². The number of alkyl halides is 3. The fourth-order valence-corrected chi connectivity index (χ4v) is 4.47. The van der Waals surface area contributed by atoms with Crippen molar-refractivity contribution in [3.8, 4) is 0 Å². The Labute approximate surface area is 146 Å². The quantitative estimate of drug-likeness (QED) is 0.795. The van der Waals surface area contributed by atoms with Crippen molar-refractivity contribution in [1.82, 2.24) is 10.0 Å². The van der Waals surface area contributed by atoms with Crippen LogP contribution < -0.4 is 10.0 Å². The maximum absolute atomic E-state index is 12.7. The third-order valence-electron chi connectivity index (χ3n) is 4.54. The molecule has 1 aromatic rings. The lowest BCUT2D eigenvalue weighted by atomic mass is 9.80. The number of piperidine rings is 1. The molecule has 25 heavy (non-hydrogen) atoms. The van der Waals surface area contributed by atoms with Gasteiger partial charge in [0.2, 0.25) is 10.0 Å². The fraction of sp³-hybridized carbons (Fsp3) is 0.625. The third-order valence-corrected chi connectivity index (χ3v) is 6.11. The molecule has 2 N–H and O–H groups in total. The van der Waals surface area contributed by atoms with Gasteiger partial charge in [0.1, 0.15) is 0 Å². The predicted molar refractivity (Wildman–Crippen MR) is 87.8 cm³/mol. The van der Waals surface area contributed by atoms with Gasteiger partial charge in [0.25, 0.3) is 0 Å². The average Bonchev–Trinajstić information content (AvgIpc) is 2.53. The molecule has 9 heteroatoms. The molecule has 1 saturated heterocycles. The van der Waals surface area contributed by atoms with Crippen LogP contribution in [0.1, 0.15) is 24.0 Å². The number of halogens is 3. The molecule has 1 aliphatic rings. The Kier molecular flexibility index (Phi) is 6.13. The van der Waals surface area contributed by atoms with Crippen LogP contribution in [-0.4, -0.2) is 41.8 Å². The molecular weight excluding hydrogens is 357 g/mol. The first-order valence-corrected chi connectivity index (χ1v) is 9.45. The summed E-state index contributed by atoms with van der Waals surface area (Å²) >= 11 is 0. The lowest BCUT2D eigenvalue weighted by Gasteiger charge is -2.37. The Balaban J connectivity index is 2.18. The zero-order valence-corrected chi connectivity index (χ0v) is 15.1. The van der Waals surface area contributed by atoms with Crippen molar-refractivity contribution in [3.05, 3.63) is 29.3 Å². The molecule has 5 nitrogen and oxygen atoms in total. The van der Waals surface area contributed by atoms with E-state index in [1.54, 1.807) is 7.11 Å². The van der Waals surface area contributed by atoms with E-state index in [0.29, 0.717) is 6.61 Å². The molecule has 1 aromatic carbocycles. The van der Waals surface area contributed by atoms with Gasteiger partial charge < -0.3 is 10.1 Å². The van der Waals surface area contributed by atoms with E-state index in [1.807, 2.05) is 0 Å². The average molecular weight is 380 g/mol. The molecule has 1 heterocycles. The van der Waals surface area contributed by atoms with Crippen molar-refractivity contribution >= 4 is 10.0 Å². The van der Waals surface area contributed by atoms with Crippen LogP contribution in [0.25, 0.3) is 0 Å². The monoisotopic (exact) mass is 380 g/mol. The molecule has 0 aliphatic carbocycles. The molecular formula is C16H23F3N2O3S. The van der Waals surface area contributed by atoms with Crippen molar-refractivity contribution in [1.29, 1.82) is 0 Å². The molecule has 0 amide bonds. The molecule has 1 aliphatic heterocycles. The zero-order chi connectivity index (χ0) is 18.7. The van der Waals surface area contributed by atoms with Gasteiger partial charge in [-0.25, -0.2) is 13.1 Å². The highest BCUT2D eigenvalue weighted by Crippen LogP contribution is 2.32. The number of benzene rings is 1. The SMILES string of the molecule is COCC1(CNS(=O)(=O)c2ccc(C(F)(F)F)cc2C)CCNCC1. The van der Waals surface area contributed by atoms with Crippen molar-refractivity contribution in [2.24, 2.45) is 5.41 Å². The Morgan fingerprint density at radius 2 is 1.92 bits per heavy atom. The topological polar surface area (TPSA) is 67.4 Å². The molecule has 2 rings (SSSR count). The first-order chi connectivity index (χ1) is 11.6. The summed E-state index contributed by atoms with van der Waals surface area (Å²) in [4.78, 5) is -0.137. The standard InChI is InChI=1S/C16H23F3N2O3S/c1-12-9-13(16(17,18)19)3-4-14(12)25(22,23)21-10-15(11-24-2)5-7-20-8-6-15/h3-4,9,20-21H,5-8,10-11H2,1-2H3. The maximum Gasteiger partial charge on any atom is 0.416 e. The van der Waals surface area contributed by atoms with E-state index in [-0.39, 0.29) is 22.4 Å². The minimum absolute atomic E-state index is 0.0634. The fourth-order valence-electron chi connectivity index (χ4n) is 3.09. The maximum atomic E-state index is 12.7. The summed E-state index contributed by atoms with van der Waals surface area (Å²) in [7, 11) is -2.33. The third kappa shape index (κ3) is 4.93. The highest BCUT2D eigenvalue weighted by atomic mass is 32.2. The molecule has 0 saturated carbocycles. The van der Waals surface area contributed by atoms with Crippen LogP contribution >= 0.6 is 0 Å². The number of sulfonamides is 1. The highest BCUT2D eigenvalue weighted by molar-refractivity contribution is 7.89. The summed E-state index contributed by atoms with van der Waals surface area (Å²) in [5.41, 5.74) is -1.11. The van der Waals surface area contributed by atoms with E-state index in [1.165, 1.54) is 6.92 Å². The second kappa shape index (κ2) is 7.61. The van der Waals surface area contributed by atoms with E-state index >= 15 is 0 Å². The number of ether oxygens (including phenoxy) is 1. The largest absolute Gasteiger partial charge is 0.416 e.